The van der Waals surface area contributed by atoms with Crippen molar-refractivity contribution in [3.05, 3.63) is 200 Å². The Morgan fingerprint density at radius 2 is 0.825 bits per heavy atom. The molecule has 0 N–H and O–H groups in total. The maximum absolute atomic E-state index is 15.3. The van der Waals surface area contributed by atoms with Crippen LogP contribution in [0.1, 0.15) is 0 Å². The van der Waals surface area contributed by atoms with Gasteiger partial charge in [-0.3, -0.25) is 0 Å². The fourth-order valence-electron chi connectivity index (χ4n) is 8.42. The molecule has 0 bridgehead atoms. The highest BCUT2D eigenvalue weighted by atomic mass is 19.1. The molecule has 266 valence electrons. The van der Waals surface area contributed by atoms with Crippen molar-refractivity contribution in [3.63, 3.8) is 0 Å². The van der Waals surface area contributed by atoms with Gasteiger partial charge in [-0.25, -0.2) is 19.3 Å². The molecule has 11 aromatic rings. The Bertz CT molecular complexity index is 3280. The van der Waals surface area contributed by atoms with Crippen molar-refractivity contribution >= 4 is 54.0 Å². The van der Waals surface area contributed by atoms with E-state index in [2.05, 4.69) is 121 Å². The lowest BCUT2D eigenvalue weighted by Crippen LogP contribution is -1.96. The van der Waals surface area contributed by atoms with Crippen molar-refractivity contribution < 1.29 is 4.39 Å². The standard InChI is InChI=1S/C53H32FN3/c54-46-30-29-44(40-19-7-10-20-41(40)46)52-51-43-22-12-9-18-39(43)38-17-8-11-21-42(38)50(51)45-28-27-37(31-49(45)55-52)33-23-25-36(26-24-33)53-56-47(34-13-3-1-4-14-34)32-48(57-53)35-15-5-2-6-16-35/h1-32H. The van der Waals surface area contributed by atoms with E-state index in [0.717, 1.165) is 88.3 Å². The van der Waals surface area contributed by atoms with E-state index in [0.29, 0.717) is 11.2 Å². The predicted octanol–water partition coefficient (Wildman–Crippen LogP) is 14.1. The largest absolute Gasteiger partial charge is 0.247 e. The van der Waals surface area contributed by atoms with Gasteiger partial charge >= 0.3 is 0 Å². The Labute approximate surface area is 328 Å². The van der Waals surface area contributed by atoms with Crippen LogP contribution in [0, 0.1) is 5.82 Å². The van der Waals surface area contributed by atoms with Crippen LogP contribution in [0.15, 0.2) is 194 Å². The van der Waals surface area contributed by atoms with E-state index in [1.165, 1.54) is 10.8 Å². The summed E-state index contributed by atoms with van der Waals surface area (Å²) in [6.45, 7) is 0. The first-order valence-corrected chi connectivity index (χ1v) is 19.1. The van der Waals surface area contributed by atoms with E-state index in [1.54, 1.807) is 6.07 Å². The third-order valence-electron chi connectivity index (χ3n) is 11.1. The Balaban J connectivity index is 1.10. The fraction of sp³-hybridized carbons (Fsp3) is 0. The molecule has 0 saturated heterocycles. The number of nitrogens with zero attached hydrogens (tertiary/aromatic N) is 3. The predicted molar refractivity (Wildman–Crippen MR) is 234 cm³/mol. The molecule has 0 spiro atoms. The van der Waals surface area contributed by atoms with Crippen LogP contribution in [0.3, 0.4) is 0 Å². The summed E-state index contributed by atoms with van der Waals surface area (Å²) in [5.41, 5.74) is 9.49. The summed E-state index contributed by atoms with van der Waals surface area (Å²) >= 11 is 0. The van der Waals surface area contributed by atoms with E-state index in [4.69, 9.17) is 15.0 Å². The van der Waals surface area contributed by atoms with Crippen LogP contribution in [0.2, 0.25) is 0 Å². The molecule has 0 fully saturated rings. The molecule has 0 saturated carbocycles. The van der Waals surface area contributed by atoms with Gasteiger partial charge in [0, 0.05) is 43.8 Å². The Morgan fingerprint density at radius 3 is 1.46 bits per heavy atom. The molecular formula is C53H32FN3. The first-order chi connectivity index (χ1) is 28.2. The molecule has 57 heavy (non-hydrogen) atoms. The summed E-state index contributed by atoms with van der Waals surface area (Å²) in [6, 6.07) is 65.9. The van der Waals surface area contributed by atoms with Gasteiger partial charge in [-0.2, -0.15) is 0 Å². The molecule has 0 atom stereocenters. The van der Waals surface area contributed by atoms with Crippen LogP contribution in [0.5, 0.6) is 0 Å². The van der Waals surface area contributed by atoms with Gasteiger partial charge in [0.15, 0.2) is 5.82 Å². The summed E-state index contributed by atoms with van der Waals surface area (Å²) in [5, 5.41) is 9.34. The first kappa shape index (κ1) is 32.8. The summed E-state index contributed by atoms with van der Waals surface area (Å²) < 4.78 is 15.3. The zero-order chi connectivity index (χ0) is 37.9. The van der Waals surface area contributed by atoms with Crippen molar-refractivity contribution in [1.82, 2.24) is 15.0 Å². The van der Waals surface area contributed by atoms with Gasteiger partial charge in [0.2, 0.25) is 0 Å². The minimum absolute atomic E-state index is 0.242. The Morgan fingerprint density at radius 1 is 0.316 bits per heavy atom. The lowest BCUT2D eigenvalue weighted by atomic mass is 9.88. The molecule has 2 aromatic heterocycles. The highest BCUT2D eigenvalue weighted by Gasteiger charge is 2.20. The zero-order valence-corrected chi connectivity index (χ0v) is 30.7. The normalized spacial score (nSPS) is 11.6. The topological polar surface area (TPSA) is 38.7 Å². The molecule has 0 aliphatic heterocycles. The minimum Gasteiger partial charge on any atom is -0.247 e. The number of hydrogen-bond donors (Lipinski definition) is 0. The molecular weight excluding hydrogens is 698 g/mol. The minimum atomic E-state index is -0.242. The molecule has 11 rings (SSSR count). The van der Waals surface area contributed by atoms with Crippen LogP contribution >= 0.6 is 0 Å². The Kier molecular flexibility index (Phi) is 7.68. The second kappa shape index (κ2) is 13.3. The van der Waals surface area contributed by atoms with Crippen molar-refractivity contribution in [2.24, 2.45) is 0 Å². The van der Waals surface area contributed by atoms with Crippen LogP contribution in [0.4, 0.5) is 4.39 Å². The fourth-order valence-corrected chi connectivity index (χ4v) is 8.42. The average Bonchev–Trinajstić information content (AvgIpc) is 3.29. The lowest BCUT2D eigenvalue weighted by molar-refractivity contribution is 0.640. The van der Waals surface area contributed by atoms with Crippen LogP contribution < -0.4 is 0 Å². The number of fused-ring (bicyclic) bond motifs is 9. The zero-order valence-electron chi connectivity index (χ0n) is 30.7. The molecule has 0 aliphatic carbocycles. The number of halogens is 1. The number of pyridine rings is 1. The van der Waals surface area contributed by atoms with Gasteiger partial charge < -0.3 is 0 Å². The quantitative estimate of drug-likeness (QED) is 0.166. The van der Waals surface area contributed by atoms with E-state index < -0.39 is 0 Å². The molecule has 0 aliphatic rings. The van der Waals surface area contributed by atoms with Crippen molar-refractivity contribution in [1.29, 1.82) is 0 Å². The third kappa shape index (κ3) is 5.53. The van der Waals surface area contributed by atoms with Crippen LogP contribution in [-0.2, 0) is 0 Å². The van der Waals surface area contributed by atoms with Gasteiger partial charge in [-0.05, 0) is 62.3 Å². The van der Waals surface area contributed by atoms with Crippen molar-refractivity contribution in [3.8, 4) is 56.3 Å². The maximum Gasteiger partial charge on any atom is 0.160 e. The van der Waals surface area contributed by atoms with Crippen molar-refractivity contribution in [2.45, 2.75) is 0 Å². The summed E-state index contributed by atoms with van der Waals surface area (Å²) in [5.74, 6) is 0.428. The van der Waals surface area contributed by atoms with Gasteiger partial charge in [0.05, 0.1) is 22.6 Å². The number of aromatic nitrogens is 3. The smallest absolute Gasteiger partial charge is 0.160 e. The molecule has 0 radical (unpaired) electrons. The molecule has 3 nitrogen and oxygen atoms in total. The van der Waals surface area contributed by atoms with E-state index in [1.807, 2.05) is 66.7 Å². The van der Waals surface area contributed by atoms with Gasteiger partial charge in [0.25, 0.3) is 0 Å². The third-order valence-corrected chi connectivity index (χ3v) is 11.1. The van der Waals surface area contributed by atoms with E-state index in [9.17, 15) is 0 Å². The second-order valence-corrected chi connectivity index (χ2v) is 14.4. The van der Waals surface area contributed by atoms with E-state index >= 15 is 4.39 Å². The number of hydrogen-bond acceptors (Lipinski definition) is 3. The molecule has 9 aromatic carbocycles. The summed E-state index contributed by atoms with van der Waals surface area (Å²) in [7, 11) is 0. The monoisotopic (exact) mass is 729 g/mol. The van der Waals surface area contributed by atoms with Gasteiger partial charge in [-0.1, -0.05) is 170 Å². The maximum atomic E-state index is 15.3. The van der Waals surface area contributed by atoms with Gasteiger partial charge in [-0.15, -0.1) is 0 Å². The first-order valence-electron chi connectivity index (χ1n) is 19.1. The molecule has 0 unspecified atom stereocenters. The van der Waals surface area contributed by atoms with Crippen LogP contribution in [-0.4, -0.2) is 15.0 Å². The van der Waals surface area contributed by atoms with E-state index in [-0.39, 0.29) is 5.82 Å². The summed E-state index contributed by atoms with van der Waals surface area (Å²) in [6.07, 6.45) is 0. The van der Waals surface area contributed by atoms with Gasteiger partial charge in [0.1, 0.15) is 5.82 Å². The molecule has 4 heteroatoms. The SMILES string of the molecule is Fc1ccc(-c2nc3cc(-c4ccc(-c5nc(-c6ccccc6)cc(-c6ccccc6)n5)cc4)ccc3c3c4ccccc4c4ccccc4c23)c2ccccc12. The number of benzene rings is 9. The van der Waals surface area contributed by atoms with Crippen molar-refractivity contribution in [2.75, 3.05) is 0 Å². The Hall–Kier alpha value is -7.56. The molecule has 0 amide bonds. The lowest BCUT2D eigenvalue weighted by Gasteiger charge is -2.18. The molecule has 2 heterocycles. The highest BCUT2D eigenvalue weighted by Crippen LogP contribution is 2.45. The highest BCUT2D eigenvalue weighted by molar-refractivity contribution is 6.34. The average molecular weight is 730 g/mol. The number of rotatable bonds is 5. The van der Waals surface area contributed by atoms with Crippen LogP contribution in [0.25, 0.3) is 110 Å². The summed E-state index contributed by atoms with van der Waals surface area (Å²) in [4.78, 5) is 15.6. The second-order valence-electron chi connectivity index (χ2n) is 14.4.